The van der Waals surface area contributed by atoms with Crippen LogP contribution in [0.5, 0.6) is 11.5 Å². The molecule has 1 aromatic carbocycles. The summed E-state index contributed by atoms with van der Waals surface area (Å²) in [6.07, 6.45) is -1.40. The molecule has 0 aromatic heterocycles. The largest absolute Gasteiger partial charge is 0.508 e. The molecule has 1 saturated carbocycles. The molecule has 7 N–H and O–H groups in total. The summed E-state index contributed by atoms with van der Waals surface area (Å²) in [6.45, 7) is 6.88. The van der Waals surface area contributed by atoms with E-state index in [4.69, 9.17) is 0 Å². The molecule has 11 nitrogen and oxygen atoms in total. The van der Waals surface area contributed by atoms with Crippen molar-refractivity contribution in [1.82, 2.24) is 15.5 Å². The van der Waals surface area contributed by atoms with Gasteiger partial charge in [-0.15, -0.1) is 0 Å². The summed E-state index contributed by atoms with van der Waals surface area (Å²) in [5.41, 5.74) is -2.55. The van der Waals surface area contributed by atoms with E-state index in [1.807, 2.05) is 20.8 Å². The van der Waals surface area contributed by atoms with E-state index < -0.39 is 58.7 Å². The summed E-state index contributed by atoms with van der Waals surface area (Å²) in [6, 6.07) is 0.503. The van der Waals surface area contributed by atoms with Gasteiger partial charge in [0.1, 0.15) is 23.2 Å². The van der Waals surface area contributed by atoms with Crippen molar-refractivity contribution in [3.8, 4) is 11.5 Å². The van der Waals surface area contributed by atoms with E-state index in [0.29, 0.717) is 12.1 Å². The minimum Gasteiger partial charge on any atom is -0.508 e. The number of benzene rings is 1. The topological polar surface area (TPSA) is 180 Å². The van der Waals surface area contributed by atoms with Gasteiger partial charge in [-0.25, -0.2) is 0 Å². The number of allylic oxidation sites excluding steroid dienone is 1. The summed E-state index contributed by atoms with van der Waals surface area (Å²) in [5, 5.41) is 61.8. The van der Waals surface area contributed by atoms with Crippen molar-refractivity contribution in [2.45, 2.75) is 57.9 Å². The summed E-state index contributed by atoms with van der Waals surface area (Å²) >= 11 is 0. The van der Waals surface area contributed by atoms with Gasteiger partial charge in [-0.1, -0.05) is 20.8 Å². The second-order valence-electron chi connectivity index (χ2n) is 12.4. The second-order valence-corrected chi connectivity index (χ2v) is 12.4. The molecule has 39 heavy (non-hydrogen) atoms. The van der Waals surface area contributed by atoms with Crippen LogP contribution < -0.4 is 10.6 Å². The third-order valence-electron chi connectivity index (χ3n) is 8.34. The van der Waals surface area contributed by atoms with Crippen LogP contribution in [-0.4, -0.2) is 93.3 Å². The molecule has 214 valence electrons. The number of aliphatic hydroxyl groups is 3. The molecule has 0 bridgehead atoms. The van der Waals surface area contributed by atoms with Crippen molar-refractivity contribution in [3.05, 3.63) is 34.1 Å². The van der Waals surface area contributed by atoms with Crippen molar-refractivity contribution in [1.29, 1.82) is 0 Å². The Labute approximate surface area is 227 Å². The standard InChI is InChI=1S/C28H39N3O8/c1-27(2,3)11-30-10-13-9-16(32)14-7-12-8-15-20(31(5)6)23(35)19(26(38)29-4)25(37)28(15,39)24(36)17(12)22(34)18(14)21(13)33/h9,12,15,19-20,23,30,32-33,35-36,39H,7-8,10-11H2,1-6H3,(H,29,38)/t12-,15-,19?,20-,23?,28-/m0/s1. The van der Waals surface area contributed by atoms with Gasteiger partial charge in [-0.3, -0.25) is 14.4 Å². The first-order valence-electron chi connectivity index (χ1n) is 13.1. The molecule has 1 fully saturated rings. The number of hydrogen-bond donors (Lipinski definition) is 7. The van der Waals surface area contributed by atoms with Gasteiger partial charge < -0.3 is 41.1 Å². The molecule has 0 radical (unpaired) electrons. The van der Waals surface area contributed by atoms with E-state index in [1.54, 1.807) is 19.0 Å². The van der Waals surface area contributed by atoms with Gasteiger partial charge in [0.25, 0.3) is 0 Å². The SMILES string of the molecule is CNC(=O)C1C(=O)[C@@]2(O)C(O)=C3C(=O)c4c(O)c(CNCC(C)(C)C)cc(O)c4C[C@H]3C[C@H]2[C@H](N(C)C)C1O. The number of rotatable bonds is 5. The summed E-state index contributed by atoms with van der Waals surface area (Å²) in [7, 11) is 4.55. The van der Waals surface area contributed by atoms with Crippen LogP contribution in [0.3, 0.4) is 0 Å². The number of aliphatic hydroxyl groups excluding tert-OH is 2. The lowest BCUT2D eigenvalue weighted by molar-refractivity contribution is -0.179. The highest BCUT2D eigenvalue weighted by atomic mass is 16.4. The highest BCUT2D eigenvalue weighted by molar-refractivity contribution is 6.16. The first-order chi connectivity index (χ1) is 18.1. The van der Waals surface area contributed by atoms with E-state index in [0.717, 1.165) is 0 Å². The van der Waals surface area contributed by atoms with E-state index in [2.05, 4.69) is 10.6 Å². The fraction of sp³-hybridized carbons (Fsp3) is 0.607. The van der Waals surface area contributed by atoms with Crippen LogP contribution >= 0.6 is 0 Å². The molecule has 3 aliphatic carbocycles. The Kier molecular flexibility index (Phi) is 7.35. The number of nitrogens with zero attached hydrogens (tertiary/aromatic N) is 1. The molecule has 1 amide bonds. The number of Topliss-reactive ketones (excluding diaryl/α,β-unsaturated/α-hetero) is 2. The minimum absolute atomic E-state index is 0.0161. The maximum Gasteiger partial charge on any atom is 0.233 e. The van der Waals surface area contributed by atoms with Crippen LogP contribution in [0.4, 0.5) is 0 Å². The zero-order valence-corrected chi connectivity index (χ0v) is 23.2. The molecule has 2 unspecified atom stereocenters. The molecule has 0 heterocycles. The zero-order chi connectivity index (χ0) is 29.2. The minimum atomic E-state index is -2.60. The second kappa shape index (κ2) is 9.88. The first kappa shape index (κ1) is 29.0. The number of phenolic OH excluding ortho intramolecular Hbond substituents is 2. The molecule has 0 saturated heterocycles. The number of likely N-dealkylation sites (N-methyl/N-ethyl adjacent to an activating group) is 1. The van der Waals surface area contributed by atoms with Gasteiger partial charge in [0.2, 0.25) is 5.91 Å². The van der Waals surface area contributed by atoms with E-state index in [9.17, 15) is 39.9 Å². The van der Waals surface area contributed by atoms with Crippen LogP contribution in [0.15, 0.2) is 17.4 Å². The number of hydrogen-bond acceptors (Lipinski definition) is 10. The molecule has 3 aliphatic rings. The monoisotopic (exact) mass is 545 g/mol. The highest BCUT2D eigenvalue weighted by Crippen LogP contribution is 2.53. The molecule has 0 aliphatic heterocycles. The molecular formula is C28H39N3O8. The number of aromatic hydroxyl groups is 2. The molecule has 1 aromatic rings. The Hall–Kier alpha value is -2.99. The third kappa shape index (κ3) is 4.51. The lowest BCUT2D eigenvalue weighted by atomic mass is 9.56. The van der Waals surface area contributed by atoms with Gasteiger partial charge in [0.15, 0.2) is 17.2 Å². The number of carbonyl (C=O) groups is 3. The van der Waals surface area contributed by atoms with Crippen LogP contribution in [0.2, 0.25) is 0 Å². The highest BCUT2D eigenvalue weighted by Gasteiger charge is 2.66. The Morgan fingerprint density at radius 2 is 1.82 bits per heavy atom. The van der Waals surface area contributed by atoms with Crippen LogP contribution in [-0.2, 0) is 22.6 Å². The van der Waals surface area contributed by atoms with Gasteiger partial charge in [0.05, 0.1) is 11.7 Å². The summed E-state index contributed by atoms with van der Waals surface area (Å²) < 4.78 is 0. The Balaban J connectivity index is 1.83. The average Bonchev–Trinajstić information content (AvgIpc) is 2.83. The van der Waals surface area contributed by atoms with Crippen LogP contribution in [0, 0.1) is 23.2 Å². The number of carbonyl (C=O) groups excluding carboxylic acids is 3. The lowest BCUT2D eigenvalue weighted by Crippen LogP contribution is -2.71. The van der Waals surface area contributed by atoms with E-state index >= 15 is 0 Å². The molecule has 11 heteroatoms. The van der Waals surface area contributed by atoms with Crippen molar-refractivity contribution in [2.24, 2.45) is 23.2 Å². The Bertz CT molecular complexity index is 1250. The maximum absolute atomic E-state index is 13.8. The summed E-state index contributed by atoms with van der Waals surface area (Å²) in [5.74, 6) is -7.52. The predicted octanol–water partition coefficient (Wildman–Crippen LogP) is 0.388. The third-order valence-corrected chi connectivity index (χ3v) is 8.34. The lowest BCUT2D eigenvalue weighted by Gasteiger charge is -2.53. The molecular weight excluding hydrogens is 506 g/mol. The number of nitrogens with one attached hydrogen (secondary N) is 2. The average molecular weight is 546 g/mol. The van der Waals surface area contributed by atoms with Crippen molar-refractivity contribution < 1.29 is 39.9 Å². The predicted molar refractivity (Wildman–Crippen MR) is 141 cm³/mol. The first-order valence-corrected chi connectivity index (χ1v) is 13.1. The number of amides is 1. The zero-order valence-electron chi connectivity index (χ0n) is 23.2. The van der Waals surface area contributed by atoms with Crippen molar-refractivity contribution in [2.75, 3.05) is 27.7 Å². The number of phenols is 2. The smallest absolute Gasteiger partial charge is 0.233 e. The van der Waals surface area contributed by atoms with Gasteiger partial charge in [-0.05, 0) is 44.3 Å². The van der Waals surface area contributed by atoms with Crippen molar-refractivity contribution >= 4 is 17.5 Å². The fourth-order valence-corrected chi connectivity index (χ4v) is 6.55. The van der Waals surface area contributed by atoms with Gasteiger partial charge in [0, 0.05) is 48.8 Å². The van der Waals surface area contributed by atoms with Crippen molar-refractivity contribution in [3.63, 3.8) is 0 Å². The summed E-state index contributed by atoms with van der Waals surface area (Å²) in [4.78, 5) is 41.6. The Morgan fingerprint density at radius 3 is 2.38 bits per heavy atom. The molecule has 4 rings (SSSR count). The number of ketones is 2. The maximum atomic E-state index is 13.8. The fourth-order valence-electron chi connectivity index (χ4n) is 6.55. The van der Waals surface area contributed by atoms with E-state index in [1.165, 1.54) is 13.1 Å². The Morgan fingerprint density at radius 1 is 1.18 bits per heavy atom. The quantitative estimate of drug-likeness (QED) is 0.202. The number of fused-ring (bicyclic) bond motifs is 3. The van der Waals surface area contributed by atoms with Crippen LogP contribution in [0.1, 0.15) is 48.7 Å². The molecule has 6 atom stereocenters. The van der Waals surface area contributed by atoms with E-state index in [-0.39, 0.29) is 53.0 Å². The van der Waals surface area contributed by atoms with Crippen LogP contribution in [0.25, 0.3) is 0 Å². The van der Waals surface area contributed by atoms with Gasteiger partial charge >= 0.3 is 0 Å². The normalized spacial score (nSPS) is 30.6. The van der Waals surface area contributed by atoms with Gasteiger partial charge in [-0.2, -0.15) is 0 Å². The molecule has 0 spiro atoms.